The Balaban J connectivity index is 2.07. The second kappa shape index (κ2) is 5.71. The SMILES string of the molecule is CCC1(C)CN(CC2(C)CCCO2)C(C(C)C)CN1. The fourth-order valence-electron chi connectivity index (χ4n) is 3.56. The number of hydrogen-bond donors (Lipinski definition) is 1. The molecular weight excluding hydrogens is 236 g/mol. The summed E-state index contributed by atoms with van der Waals surface area (Å²) in [4.78, 5) is 2.69. The Morgan fingerprint density at radius 3 is 2.63 bits per heavy atom. The van der Waals surface area contributed by atoms with E-state index in [1.807, 2.05) is 0 Å². The monoisotopic (exact) mass is 268 g/mol. The van der Waals surface area contributed by atoms with E-state index in [2.05, 4.69) is 44.8 Å². The number of rotatable bonds is 4. The van der Waals surface area contributed by atoms with Gasteiger partial charge in [0.2, 0.25) is 0 Å². The molecule has 2 aliphatic rings. The van der Waals surface area contributed by atoms with Crippen molar-refractivity contribution in [3.05, 3.63) is 0 Å². The van der Waals surface area contributed by atoms with Crippen molar-refractivity contribution in [2.24, 2.45) is 5.92 Å². The Labute approximate surface area is 119 Å². The summed E-state index contributed by atoms with van der Waals surface area (Å²) in [5, 5.41) is 3.76. The van der Waals surface area contributed by atoms with Gasteiger partial charge >= 0.3 is 0 Å². The largest absolute Gasteiger partial charge is 0.374 e. The smallest absolute Gasteiger partial charge is 0.0781 e. The van der Waals surface area contributed by atoms with Crippen LogP contribution in [0.4, 0.5) is 0 Å². The molecule has 1 N–H and O–H groups in total. The topological polar surface area (TPSA) is 24.5 Å². The Morgan fingerprint density at radius 2 is 2.11 bits per heavy atom. The van der Waals surface area contributed by atoms with Crippen molar-refractivity contribution in [3.63, 3.8) is 0 Å². The summed E-state index contributed by atoms with van der Waals surface area (Å²) >= 11 is 0. The predicted molar refractivity (Wildman–Crippen MR) is 80.5 cm³/mol. The first-order chi connectivity index (χ1) is 8.87. The molecule has 0 amide bonds. The van der Waals surface area contributed by atoms with Crippen molar-refractivity contribution in [1.29, 1.82) is 0 Å². The molecule has 2 heterocycles. The van der Waals surface area contributed by atoms with Gasteiger partial charge in [0.25, 0.3) is 0 Å². The van der Waals surface area contributed by atoms with Crippen LogP contribution in [-0.2, 0) is 4.74 Å². The molecule has 0 aromatic rings. The van der Waals surface area contributed by atoms with Gasteiger partial charge in [-0.2, -0.15) is 0 Å². The van der Waals surface area contributed by atoms with Crippen LogP contribution in [0, 0.1) is 5.92 Å². The highest BCUT2D eigenvalue weighted by Crippen LogP contribution is 2.30. The Hall–Kier alpha value is -0.120. The van der Waals surface area contributed by atoms with E-state index in [1.54, 1.807) is 0 Å². The van der Waals surface area contributed by atoms with Crippen molar-refractivity contribution in [2.45, 2.75) is 71.1 Å². The molecule has 2 saturated heterocycles. The molecule has 3 heteroatoms. The number of piperazine rings is 1. The molecule has 0 aromatic heterocycles. The van der Waals surface area contributed by atoms with Crippen LogP contribution in [0.25, 0.3) is 0 Å². The Morgan fingerprint density at radius 1 is 1.37 bits per heavy atom. The van der Waals surface area contributed by atoms with E-state index in [-0.39, 0.29) is 11.1 Å². The van der Waals surface area contributed by atoms with Crippen LogP contribution < -0.4 is 5.32 Å². The minimum atomic E-state index is 0.0825. The van der Waals surface area contributed by atoms with Crippen LogP contribution in [0.3, 0.4) is 0 Å². The summed E-state index contributed by atoms with van der Waals surface area (Å²) in [5.74, 6) is 0.693. The van der Waals surface area contributed by atoms with E-state index in [0.29, 0.717) is 12.0 Å². The van der Waals surface area contributed by atoms with Gasteiger partial charge in [-0.05, 0) is 39.0 Å². The third kappa shape index (κ3) is 3.50. The average molecular weight is 268 g/mol. The summed E-state index contributed by atoms with van der Waals surface area (Å²) in [6, 6.07) is 0.639. The van der Waals surface area contributed by atoms with E-state index in [9.17, 15) is 0 Å². The molecule has 112 valence electrons. The molecule has 2 aliphatic heterocycles. The van der Waals surface area contributed by atoms with Gasteiger partial charge in [-0.25, -0.2) is 0 Å². The molecule has 0 aliphatic carbocycles. The molecule has 3 atom stereocenters. The summed E-state index contributed by atoms with van der Waals surface area (Å²) < 4.78 is 6.01. The summed E-state index contributed by atoms with van der Waals surface area (Å²) in [6.45, 7) is 15.9. The van der Waals surface area contributed by atoms with Gasteiger partial charge in [0.05, 0.1) is 5.60 Å². The summed E-state index contributed by atoms with van der Waals surface area (Å²) in [7, 11) is 0. The van der Waals surface area contributed by atoms with Crippen LogP contribution in [0.15, 0.2) is 0 Å². The molecule has 0 saturated carbocycles. The fourth-order valence-corrected chi connectivity index (χ4v) is 3.56. The van der Waals surface area contributed by atoms with Gasteiger partial charge in [0.15, 0.2) is 0 Å². The van der Waals surface area contributed by atoms with E-state index in [4.69, 9.17) is 4.74 Å². The lowest BCUT2D eigenvalue weighted by Crippen LogP contribution is -2.65. The standard InChI is InChI=1S/C16H32N2O/c1-6-15(4)11-18(14(10-17-15)13(2)3)12-16(5)8-7-9-19-16/h13-14,17H,6-12H2,1-5H3. The van der Waals surface area contributed by atoms with Gasteiger partial charge in [-0.15, -0.1) is 0 Å². The van der Waals surface area contributed by atoms with Gasteiger partial charge in [-0.3, -0.25) is 4.90 Å². The molecule has 3 nitrogen and oxygen atoms in total. The van der Waals surface area contributed by atoms with Crippen LogP contribution in [0.1, 0.15) is 53.9 Å². The van der Waals surface area contributed by atoms with Gasteiger partial charge in [-0.1, -0.05) is 20.8 Å². The first-order valence-corrected chi connectivity index (χ1v) is 8.00. The van der Waals surface area contributed by atoms with E-state index >= 15 is 0 Å². The van der Waals surface area contributed by atoms with Crippen molar-refractivity contribution in [1.82, 2.24) is 10.2 Å². The maximum absolute atomic E-state index is 6.01. The summed E-state index contributed by atoms with van der Waals surface area (Å²) in [5.41, 5.74) is 0.347. The number of hydrogen-bond acceptors (Lipinski definition) is 3. The van der Waals surface area contributed by atoms with Crippen molar-refractivity contribution >= 4 is 0 Å². The first kappa shape index (κ1) is 15.3. The molecule has 0 aromatic carbocycles. The average Bonchev–Trinajstić information content (AvgIpc) is 2.75. The molecule has 3 unspecified atom stereocenters. The summed E-state index contributed by atoms with van der Waals surface area (Å²) in [6.07, 6.45) is 3.62. The zero-order valence-corrected chi connectivity index (χ0v) is 13.5. The van der Waals surface area contributed by atoms with Gasteiger partial charge < -0.3 is 10.1 Å². The lowest BCUT2D eigenvalue weighted by molar-refractivity contribution is -0.0430. The van der Waals surface area contributed by atoms with Crippen molar-refractivity contribution in [3.8, 4) is 0 Å². The van der Waals surface area contributed by atoms with Crippen LogP contribution in [0.5, 0.6) is 0 Å². The molecule has 0 radical (unpaired) electrons. The quantitative estimate of drug-likeness (QED) is 0.848. The van der Waals surface area contributed by atoms with E-state index in [0.717, 1.165) is 26.2 Å². The number of ether oxygens (including phenoxy) is 1. The molecule has 0 spiro atoms. The second-order valence-electron chi connectivity index (χ2n) is 7.41. The predicted octanol–water partition coefficient (Wildman–Crippen LogP) is 2.65. The Bertz CT molecular complexity index is 299. The molecule has 2 fully saturated rings. The van der Waals surface area contributed by atoms with E-state index < -0.39 is 0 Å². The van der Waals surface area contributed by atoms with Crippen LogP contribution in [0.2, 0.25) is 0 Å². The van der Waals surface area contributed by atoms with Crippen molar-refractivity contribution < 1.29 is 4.74 Å². The van der Waals surface area contributed by atoms with Crippen molar-refractivity contribution in [2.75, 3.05) is 26.2 Å². The molecule has 19 heavy (non-hydrogen) atoms. The number of nitrogens with zero attached hydrogens (tertiary/aromatic N) is 1. The minimum absolute atomic E-state index is 0.0825. The van der Waals surface area contributed by atoms with Crippen LogP contribution >= 0.6 is 0 Å². The zero-order valence-electron chi connectivity index (χ0n) is 13.5. The second-order valence-corrected chi connectivity index (χ2v) is 7.41. The maximum atomic E-state index is 6.01. The third-order valence-electron chi connectivity index (χ3n) is 5.15. The first-order valence-electron chi connectivity index (χ1n) is 8.00. The van der Waals surface area contributed by atoms with Gasteiger partial charge in [0, 0.05) is 37.8 Å². The maximum Gasteiger partial charge on any atom is 0.0781 e. The minimum Gasteiger partial charge on any atom is -0.374 e. The molecule has 0 bridgehead atoms. The highest BCUT2D eigenvalue weighted by atomic mass is 16.5. The van der Waals surface area contributed by atoms with Gasteiger partial charge in [0.1, 0.15) is 0 Å². The molecular formula is C16H32N2O. The molecule has 2 rings (SSSR count). The third-order valence-corrected chi connectivity index (χ3v) is 5.15. The zero-order chi connectivity index (χ0) is 14.1. The number of nitrogens with one attached hydrogen (secondary N) is 1. The lowest BCUT2D eigenvalue weighted by Gasteiger charge is -2.49. The normalized spacial score (nSPS) is 41.1. The van der Waals surface area contributed by atoms with Crippen LogP contribution in [-0.4, -0.2) is 48.3 Å². The highest BCUT2D eigenvalue weighted by Gasteiger charge is 2.40. The highest BCUT2D eigenvalue weighted by molar-refractivity contribution is 4.98. The Kier molecular flexibility index (Phi) is 4.59. The van der Waals surface area contributed by atoms with E-state index in [1.165, 1.54) is 19.3 Å². The fraction of sp³-hybridized carbons (Fsp3) is 1.00. The lowest BCUT2D eigenvalue weighted by atomic mass is 9.88.